The number of rotatable bonds is 3. The number of ether oxygens (including phenoxy) is 2. The fourth-order valence-electron chi connectivity index (χ4n) is 0.959. The lowest BCUT2D eigenvalue weighted by atomic mass is 10.0. The summed E-state index contributed by atoms with van der Waals surface area (Å²) in [6.07, 6.45) is 1.09. The molecule has 1 rings (SSSR count). The summed E-state index contributed by atoms with van der Waals surface area (Å²) < 4.78 is 9.42. The largest absolute Gasteiger partial charge is 0.509 e. The lowest BCUT2D eigenvalue weighted by Gasteiger charge is -2.16. The molecule has 0 radical (unpaired) electrons. The molecule has 62 valence electrons. The summed E-state index contributed by atoms with van der Waals surface area (Å²) >= 11 is 0. The summed E-state index contributed by atoms with van der Waals surface area (Å²) in [6, 6.07) is 0. The Labute approximate surface area is 64.5 Å². The second-order valence-corrected chi connectivity index (χ2v) is 2.80. The summed E-state index contributed by atoms with van der Waals surface area (Å²) in [6.45, 7) is 2.00. The number of cyclic esters (lactones) is 2. The molecule has 1 heterocycles. The van der Waals surface area contributed by atoms with Crippen molar-refractivity contribution in [1.29, 1.82) is 0 Å². The van der Waals surface area contributed by atoms with E-state index in [4.69, 9.17) is 4.74 Å². The first-order valence-electron chi connectivity index (χ1n) is 3.46. The minimum absolute atomic E-state index is 0.250. The maximum absolute atomic E-state index is 10.5. The first-order chi connectivity index (χ1) is 5.16. The Morgan fingerprint density at radius 3 is 2.91 bits per heavy atom. The van der Waals surface area contributed by atoms with E-state index in [-0.39, 0.29) is 6.61 Å². The molecule has 0 aromatic rings. The molecule has 4 nitrogen and oxygen atoms in total. The first kappa shape index (κ1) is 8.04. The van der Waals surface area contributed by atoms with Crippen molar-refractivity contribution in [2.75, 3.05) is 6.61 Å². The molecule has 1 fully saturated rings. The van der Waals surface area contributed by atoms with E-state index in [1.54, 1.807) is 6.92 Å². The highest BCUT2D eigenvalue weighted by Gasteiger charge is 2.36. The van der Waals surface area contributed by atoms with E-state index in [0.29, 0.717) is 12.8 Å². The van der Waals surface area contributed by atoms with Crippen molar-refractivity contribution in [3.63, 3.8) is 0 Å². The molecule has 0 aromatic heterocycles. The van der Waals surface area contributed by atoms with Gasteiger partial charge in [0, 0.05) is 6.42 Å². The second-order valence-electron chi connectivity index (χ2n) is 2.80. The van der Waals surface area contributed by atoms with Gasteiger partial charge in [-0.05, 0) is 13.3 Å². The van der Waals surface area contributed by atoms with Crippen LogP contribution in [0.4, 0.5) is 4.79 Å². The third kappa shape index (κ3) is 1.93. The van der Waals surface area contributed by atoms with Crippen LogP contribution in [0.5, 0.6) is 0 Å². The van der Waals surface area contributed by atoms with Crippen LogP contribution in [0.15, 0.2) is 0 Å². The average molecular weight is 158 g/mol. The van der Waals surface area contributed by atoms with Crippen molar-refractivity contribution >= 4 is 12.4 Å². The van der Waals surface area contributed by atoms with Crippen molar-refractivity contribution < 1.29 is 19.1 Å². The van der Waals surface area contributed by atoms with Crippen LogP contribution < -0.4 is 0 Å². The summed E-state index contributed by atoms with van der Waals surface area (Å²) in [4.78, 5) is 20.5. The van der Waals surface area contributed by atoms with Gasteiger partial charge in [-0.3, -0.25) is 0 Å². The number of hydrogen-bond donors (Lipinski definition) is 0. The number of hydrogen-bond acceptors (Lipinski definition) is 4. The Morgan fingerprint density at radius 2 is 2.45 bits per heavy atom. The van der Waals surface area contributed by atoms with E-state index in [0.717, 1.165) is 6.29 Å². The molecule has 1 atom stereocenters. The van der Waals surface area contributed by atoms with Gasteiger partial charge in [0.1, 0.15) is 18.5 Å². The van der Waals surface area contributed by atoms with E-state index in [2.05, 4.69) is 4.74 Å². The summed E-state index contributed by atoms with van der Waals surface area (Å²) in [5.41, 5.74) is -0.585. The highest BCUT2D eigenvalue weighted by atomic mass is 16.8. The van der Waals surface area contributed by atoms with E-state index in [1.165, 1.54) is 0 Å². The lowest BCUT2D eigenvalue weighted by Crippen LogP contribution is -2.27. The molecule has 4 heteroatoms. The first-order valence-corrected chi connectivity index (χ1v) is 3.46. The van der Waals surface area contributed by atoms with Gasteiger partial charge in [0.05, 0.1) is 0 Å². The van der Waals surface area contributed by atoms with Crippen LogP contribution in [0.25, 0.3) is 0 Å². The zero-order valence-corrected chi connectivity index (χ0v) is 6.33. The monoisotopic (exact) mass is 158 g/mol. The van der Waals surface area contributed by atoms with Gasteiger partial charge in [0.25, 0.3) is 0 Å². The highest BCUT2D eigenvalue weighted by Crippen LogP contribution is 2.23. The summed E-state index contributed by atoms with van der Waals surface area (Å²) in [7, 11) is 0. The van der Waals surface area contributed by atoms with E-state index < -0.39 is 11.8 Å². The van der Waals surface area contributed by atoms with Gasteiger partial charge in [-0.1, -0.05) is 0 Å². The van der Waals surface area contributed by atoms with Gasteiger partial charge in [0.15, 0.2) is 0 Å². The maximum atomic E-state index is 10.5. The van der Waals surface area contributed by atoms with Crippen LogP contribution in [-0.4, -0.2) is 24.6 Å². The molecule has 0 N–H and O–H groups in total. The van der Waals surface area contributed by atoms with Crippen molar-refractivity contribution in [2.24, 2.45) is 0 Å². The third-order valence-electron chi connectivity index (χ3n) is 1.62. The maximum Gasteiger partial charge on any atom is 0.509 e. The van der Waals surface area contributed by atoms with E-state index in [9.17, 15) is 9.59 Å². The molecule has 0 aliphatic carbocycles. The van der Waals surface area contributed by atoms with Gasteiger partial charge in [-0.25, -0.2) is 4.79 Å². The molecule has 1 unspecified atom stereocenters. The summed E-state index contributed by atoms with van der Waals surface area (Å²) in [5.74, 6) is 0. The Morgan fingerprint density at radius 1 is 1.73 bits per heavy atom. The molecule has 0 amide bonds. The predicted octanol–water partition coefficient (Wildman–Crippen LogP) is 0.891. The standard InChI is InChI=1S/C7H10O4/c1-7(3-2-4-8)5-10-6(9)11-7/h4H,2-3,5H2,1H3. The van der Waals surface area contributed by atoms with E-state index >= 15 is 0 Å². The predicted molar refractivity (Wildman–Crippen MR) is 36.1 cm³/mol. The van der Waals surface area contributed by atoms with Gasteiger partial charge in [-0.15, -0.1) is 0 Å². The van der Waals surface area contributed by atoms with Crippen LogP contribution >= 0.6 is 0 Å². The Hall–Kier alpha value is -1.06. The fourth-order valence-corrected chi connectivity index (χ4v) is 0.959. The SMILES string of the molecule is CC1(CCC=O)COC(=O)O1. The zero-order chi connectivity index (χ0) is 8.32. The van der Waals surface area contributed by atoms with Gasteiger partial charge in [0.2, 0.25) is 0 Å². The Balaban J connectivity index is 2.41. The molecule has 0 aromatic carbocycles. The average Bonchev–Trinajstić information content (AvgIpc) is 2.28. The number of carbonyl (C=O) groups excluding carboxylic acids is 2. The van der Waals surface area contributed by atoms with Crippen LogP contribution in [0.2, 0.25) is 0 Å². The van der Waals surface area contributed by atoms with Crippen molar-refractivity contribution in [3.8, 4) is 0 Å². The molecule has 11 heavy (non-hydrogen) atoms. The second kappa shape index (κ2) is 2.90. The number of aldehydes is 1. The Kier molecular flexibility index (Phi) is 2.12. The van der Waals surface area contributed by atoms with Crippen LogP contribution in [-0.2, 0) is 14.3 Å². The summed E-state index contributed by atoms with van der Waals surface area (Å²) in [5, 5.41) is 0. The lowest BCUT2D eigenvalue weighted by molar-refractivity contribution is -0.108. The van der Waals surface area contributed by atoms with E-state index in [1.807, 2.05) is 0 Å². The molecule has 0 spiro atoms. The van der Waals surface area contributed by atoms with Crippen molar-refractivity contribution in [3.05, 3.63) is 0 Å². The van der Waals surface area contributed by atoms with Crippen molar-refractivity contribution in [2.45, 2.75) is 25.4 Å². The molecule has 1 aliphatic rings. The normalized spacial score (nSPS) is 29.4. The van der Waals surface area contributed by atoms with Crippen LogP contribution in [0, 0.1) is 0 Å². The Bertz CT molecular complexity index is 177. The molecular formula is C7H10O4. The van der Waals surface area contributed by atoms with Gasteiger partial charge in [-0.2, -0.15) is 0 Å². The third-order valence-corrected chi connectivity index (χ3v) is 1.62. The van der Waals surface area contributed by atoms with Gasteiger partial charge < -0.3 is 14.3 Å². The molecule has 0 bridgehead atoms. The fraction of sp³-hybridized carbons (Fsp3) is 0.714. The smallest absolute Gasteiger partial charge is 0.430 e. The molecule has 1 saturated heterocycles. The minimum Gasteiger partial charge on any atom is -0.430 e. The van der Waals surface area contributed by atoms with Crippen LogP contribution in [0.1, 0.15) is 19.8 Å². The highest BCUT2D eigenvalue weighted by molar-refractivity contribution is 5.62. The molecule has 1 aliphatic heterocycles. The molecule has 0 saturated carbocycles. The van der Waals surface area contributed by atoms with Crippen LogP contribution in [0.3, 0.4) is 0 Å². The number of carbonyl (C=O) groups is 2. The molecular weight excluding hydrogens is 148 g/mol. The van der Waals surface area contributed by atoms with Crippen molar-refractivity contribution in [1.82, 2.24) is 0 Å². The van der Waals surface area contributed by atoms with Gasteiger partial charge >= 0.3 is 6.16 Å². The quantitative estimate of drug-likeness (QED) is 0.452. The minimum atomic E-state index is -0.640. The zero-order valence-electron chi connectivity index (χ0n) is 6.33. The topological polar surface area (TPSA) is 52.6 Å².